The van der Waals surface area contributed by atoms with Crippen LogP contribution in [0.3, 0.4) is 0 Å². The van der Waals surface area contributed by atoms with Crippen LogP contribution in [0, 0.1) is 6.92 Å². The topological polar surface area (TPSA) is 106 Å². The molecule has 0 radical (unpaired) electrons. The lowest BCUT2D eigenvalue weighted by Crippen LogP contribution is -2.46. The highest BCUT2D eigenvalue weighted by atomic mass is 19.4. The minimum atomic E-state index is -4.60. The highest BCUT2D eigenvalue weighted by Gasteiger charge is 2.32. The van der Waals surface area contributed by atoms with Crippen molar-refractivity contribution >= 4 is 17.5 Å². The fourth-order valence-electron chi connectivity index (χ4n) is 4.01. The number of hydrogen-bond donors (Lipinski definition) is 1. The van der Waals surface area contributed by atoms with Gasteiger partial charge in [-0.25, -0.2) is 0 Å². The number of furan rings is 1. The summed E-state index contributed by atoms with van der Waals surface area (Å²) in [6.45, 7) is 0.887. The van der Waals surface area contributed by atoms with Crippen molar-refractivity contribution in [3.8, 4) is 11.6 Å². The molecule has 2 amide bonds. The van der Waals surface area contributed by atoms with E-state index in [1.165, 1.54) is 12.1 Å². The summed E-state index contributed by atoms with van der Waals surface area (Å²) in [5.41, 5.74) is -0.972. The summed E-state index contributed by atoms with van der Waals surface area (Å²) in [5, 5.41) is 14.7. The summed E-state index contributed by atoms with van der Waals surface area (Å²) < 4.78 is 45.3. The minimum Gasteiger partial charge on any atom is -0.458 e. The van der Waals surface area contributed by atoms with Crippen LogP contribution in [-0.4, -0.2) is 44.6 Å². The molecule has 3 aromatic rings. The lowest BCUT2D eigenvalue weighted by atomic mass is 9.95. The van der Waals surface area contributed by atoms with E-state index in [1.807, 2.05) is 0 Å². The zero-order chi connectivity index (χ0) is 25.0. The average Bonchev–Trinajstić information content (AvgIpc) is 3.46. The van der Waals surface area contributed by atoms with E-state index >= 15 is 0 Å². The highest BCUT2D eigenvalue weighted by Crippen LogP contribution is 2.32. The number of amides is 2. The molecule has 2 aromatic heterocycles. The van der Waals surface area contributed by atoms with Gasteiger partial charge in [0.05, 0.1) is 5.56 Å². The number of aryl methyl sites for hydroxylation is 1. The lowest BCUT2D eigenvalue weighted by molar-refractivity contribution is -0.137. The van der Waals surface area contributed by atoms with E-state index in [4.69, 9.17) is 4.42 Å². The Morgan fingerprint density at radius 1 is 1.17 bits per heavy atom. The van der Waals surface area contributed by atoms with Crippen LogP contribution < -0.4 is 10.2 Å². The van der Waals surface area contributed by atoms with Crippen molar-refractivity contribution in [2.24, 2.45) is 0 Å². The van der Waals surface area contributed by atoms with Crippen LogP contribution >= 0.6 is 0 Å². The Kier molecular flexibility index (Phi) is 7.17. The van der Waals surface area contributed by atoms with Crippen molar-refractivity contribution in [1.82, 2.24) is 25.5 Å². The van der Waals surface area contributed by atoms with Crippen molar-refractivity contribution in [3.05, 3.63) is 47.7 Å². The molecule has 1 aromatic carbocycles. The molecule has 0 saturated heterocycles. The molecule has 1 fully saturated rings. The quantitative estimate of drug-likeness (QED) is 0.541. The summed E-state index contributed by atoms with van der Waals surface area (Å²) in [5.74, 6) is 0.0603. The Labute approximate surface area is 199 Å². The fraction of sp³-hybridized carbons (Fsp3) is 0.435. The maximum Gasteiger partial charge on any atom is 0.416 e. The van der Waals surface area contributed by atoms with Crippen LogP contribution in [0.1, 0.15) is 43.4 Å². The molecule has 1 saturated carbocycles. The molecular weight excluding hydrogens is 465 g/mol. The molecule has 0 unspecified atom stereocenters. The number of nitrogens with zero attached hydrogens (tertiary/aromatic N) is 5. The first-order valence-electron chi connectivity index (χ1n) is 11.3. The van der Waals surface area contributed by atoms with Gasteiger partial charge < -0.3 is 14.6 Å². The third-order valence-electron chi connectivity index (χ3n) is 5.75. The van der Waals surface area contributed by atoms with Gasteiger partial charge in [-0.05, 0) is 55.3 Å². The molecule has 2 heterocycles. The van der Waals surface area contributed by atoms with Crippen molar-refractivity contribution in [2.45, 2.75) is 57.8 Å². The molecule has 0 atom stereocenters. The highest BCUT2D eigenvalue weighted by molar-refractivity contribution is 5.98. The second-order valence-electron chi connectivity index (χ2n) is 8.48. The number of aromatic nitrogens is 4. The first-order chi connectivity index (χ1) is 16.7. The van der Waals surface area contributed by atoms with E-state index in [0.717, 1.165) is 53.9 Å². The molecule has 4 rings (SSSR count). The van der Waals surface area contributed by atoms with Crippen LogP contribution in [0.15, 0.2) is 40.8 Å². The maximum absolute atomic E-state index is 13.3. The van der Waals surface area contributed by atoms with E-state index in [0.29, 0.717) is 11.5 Å². The van der Waals surface area contributed by atoms with Gasteiger partial charge in [0.1, 0.15) is 18.8 Å². The van der Waals surface area contributed by atoms with E-state index in [2.05, 4.69) is 20.7 Å². The van der Waals surface area contributed by atoms with Gasteiger partial charge in [0.25, 0.3) is 5.91 Å². The number of tetrazole rings is 1. The van der Waals surface area contributed by atoms with Crippen molar-refractivity contribution in [2.75, 3.05) is 11.4 Å². The van der Waals surface area contributed by atoms with E-state index in [9.17, 15) is 22.8 Å². The Morgan fingerprint density at radius 3 is 2.63 bits per heavy atom. The number of hydrogen-bond acceptors (Lipinski definition) is 6. The molecule has 9 nitrogen and oxygen atoms in total. The van der Waals surface area contributed by atoms with Gasteiger partial charge in [-0.15, -0.1) is 10.2 Å². The smallest absolute Gasteiger partial charge is 0.416 e. The second-order valence-corrected chi connectivity index (χ2v) is 8.48. The molecule has 35 heavy (non-hydrogen) atoms. The summed E-state index contributed by atoms with van der Waals surface area (Å²) >= 11 is 0. The largest absolute Gasteiger partial charge is 0.458 e. The maximum atomic E-state index is 13.3. The first kappa shape index (κ1) is 24.4. The molecule has 0 spiro atoms. The molecule has 0 bridgehead atoms. The van der Waals surface area contributed by atoms with Crippen molar-refractivity contribution < 1.29 is 27.2 Å². The monoisotopic (exact) mass is 490 g/mol. The zero-order valence-corrected chi connectivity index (χ0v) is 19.1. The number of benzene rings is 1. The Hall–Kier alpha value is -3.70. The summed E-state index contributed by atoms with van der Waals surface area (Å²) in [4.78, 5) is 27.9. The number of carbonyl (C=O) groups excluding carboxylic acids is 2. The number of carbonyl (C=O) groups is 2. The summed E-state index contributed by atoms with van der Waals surface area (Å²) in [6.07, 6.45) is 0.167. The number of halogens is 3. The van der Waals surface area contributed by atoms with E-state index in [-0.39, 0.29) is 17.6 Å². The van der Waals surface area contributed by atoms with E-state index < -0.39 is 36.6 Å². The number of anilines is 1. The third kappa shape index (κ3) is 6.25. The Bertz CT molecular complexity index is 1180. The zero-order valence-electron chi connectivity index (χ0n) is 19.1. The molecule has 186 valence electrons. The number of nitrogens with one attached hydrogen (secondary N) is 1. The normalized spacial score (nSPS) is 14.6. The number of rotatable bonds is 7. The molecule has 1 aliphatic carbocycles. The molecule has 1 aliphatic rings. The SMILES string of the molecule is Cc1ccc(-c2nnn(CC(=O)N(CC(=O)NC3CCCCC3)c3cccc(C(F)(F)F)c3)n2)o1. The Balaban J connectivity index is 1.54. The van der Waals surface area contributed by atoms with Gasteiger partial charge in [-0.3, -0.25) is 9.59 Å². The van der Waals surface area contributed by atoms with Crippen LogP contribution in [0.5, 0.6) is 0 Å². The third-order valence-corrected chi connectivity index (χ3v) is 5.75. The van der Waals surface area contributed by atoms with Crippen LogP contribution in [0.2, 0.25) is 0 Å². The van der Waals surface area contributed by atoms with Gasteiger partial charge in [0.15, 0.2) is 5.76 Å². The first-order valence-corrected chi connectivity index (χ1v) is 11.3. The standard InChI is InChI=1S/C23H25F3N6O3/c1-15-10-11-19(35-15)22-28-30-32(29-22)14-21(34)31(13-20(33)27-17-7-3-2-4-8-17)18-9-5-6-16(12-18)23(24,25)26/h5-6,9-12,17H,2-4,7-8,13-14H2,1H3,(H,27,33). The molecule has 12 heteroatoms. The summed E-state index contributed by atoms with van der Waals surface area (Å²) in [6, 6.07) is 7.67. The second kappa shape index (κ2) is 10.3. The molecular formula is C23H25F3N6O3. The predicted octanol–water partition coefficient (Wildman–Crippen LogP) is 3.74. The van der Waals surface area contributed by atoms with Crippen LogP contribution in [0.25, 0.3) is 11.6 Å². The molecule has 1 N–H and O–H groups in total. The summed E-state index contributed by atoms with van der Waals surface area (Å²) in [7, 11) is 0. The van der Waals surface area contributed by atoms with Crippen LogP contribution in [-0.2, 0) is 22.3 Å². The average molecular weight is 490 g/mol. The van der Waals surface area contributed by atoms with Gasteiger partial charge >= 0.3 is 6.18 Å². The van der Waals surface area contributed by atoms with Gasteiger partial charge in [-0.1, -0.05) is 25.3 Å². The van der Waals surface area contributed by atoms with Gasteiger partial charge in [0.2, 0.25) is 11.7 Å². The molecule has 0 aliphatic heterocycles. The van der Waals surface area contributed by atoms with Crippen molar-refractivity contribution in [1.29, 1.82) is 0 Å². The number of alkyl halides is 3. The fourth-order valence-corrected chi connectivity index (χ4v) is 4.01. The van der Waals surface area contributed by atoms with Gasteiger partial charge in [0, 0.05) is 11.7 Å². The Morgan fingerprint density at radius 2 is 1.94 bits per heavy atom. The minimum absolute atomic E-state index is 0.00833. The van der Waals surface area contributed by atoms with Gasteiger partial charge in [-0.2, -0.15) is 18.0 Å². The predicted molar refractivity (Wildman–Crippen MR) is 119 cm³/mol. The lowest BCUT2D eigenvalue weighted by Gasteiger charge is -2.26. The van der Waals surface area contributed by atoms with Crippen LogP contribution in [0.4, 0.5) is 18.9 Å². The van der Waals surface area contributed by atoms with E-state index in [1.54, 1.807) is 19.1 Å². The van der Waals surface area contributed by atoms with Crippen molar-refractivity contribution in [3.63, 3.8) is 0 Å².